The summed E-state index contributed by atoms with van der Waals surface area (Å²) in [6.07, 6.45) is -1.98. The van der Waals surface area contributed by atoms with Crippen LogP contribution in [0.1, 0.15) is 48.8 Å². The van der Waals surface area contributed by atoms with Crippen LogP contribution in [0.4, 0.5) is 14.5 Å². The van der Waals surface area contributed by atoms with Crippen LogP contribution in [0.3, 0.4) is 0 Å². The molecule has 226 valence electrons. The van der Waals surface area contributed by atoms with E-state index in [-0.39, 0.29) is 51.7 Å². The van der Waals surface area contributed by atoms with Crippen LogP contribution >= 0.6 is 11.6 Å². The SMILES string of the molecule is Cc1cc(NC(=O)[C@H](CCN)NC(=O)[C@@H]2Cc3ccccc3CN2C(=O)CCC(=O)N2CCCC2C(F)F)ccc1Cl. The number of aryl methyl sites for hydroxylation is 1. The van der Waals surface area contributed by atoms with E-state index in [1.54, 1.807) is 25.1 Å². The van der Waals surface area contributed by atoms with Gasteiger partial charge in [0.2, 0.25) is 23.6 Å². The highest BCUT2D eigenvalue weighted by atomic mass is 35.5. The van der Waals surface area contributed by atoms with Crippen molar-refractivity contribution in [3.63, 3.8) is 0 Å². The van der Waals surface area contributed by atoms with Crippen molar-refractivity contribution >= 4 is 40.9 Å². The average molecular weight is 604 g/mol. The van der Waals surface area contributed by atoms with Crippen LogP contribution in [0.25, 0.3) is 0 Å². The van der Waals surface area contributed by atoms with Crippen molar-refractivity contribution < 1.29 is 28.0 Å². The first-order chi connectivity index (χ1) is 20.1. The van der Waals surface area contributed by atoms with Gasteiger partial charge in [-0.1, -0.05) is 35.9 Å². The third kappa shape index (κ3) is 7.43. The molecular weight excluding hydrogens is 568 g/mol. The quantitative estimate of drug-likeness (QED) is 0.384. The minimum Gasteiger partial charge on any atom is -0.342 e. The van der Waals surface area contributed by atoms with Gasteiger partial charge in [-0.25, -0.2) is 8.78 Å². The zero-order chi connectivity index (χ0) is 30.4. The molecule has 0 spiro atoms. The number of fused-ring (bicyclic) bond motifs is 1. The number of hydrogen-bond donors (Lipinski definition) is 3. The van der Waals surface area contributed by atoms with Gasteiger partial charge in [-0.2, -0.15) is 0 Å². The molecule has 0 radical (unpaired) electrons. The molecule has 0 bridgehead atoms. The zero-order valence-electron chi connectivity index (χ0n) is 23.5. The first kappa shape index (κ1) is 31.4. The summed E-state index contributed by atoms with van der Waals surface area (Å²) < 4.78 is 26.7. The fourth-order valence-corrected chi connectivity index (χ4v) is 5.66. The summed E-state index contributed by atoms with van der Waals surface area (Å²) >= 11 is 6.08. The van der Waals surface area contributed by atoms with E-state index in [1.807, 2.05) is 24.3 Å². The summed E-state index contributed by atoms with van der Waals surface area (Å²) in [5.41, 5.74) is 8.80. The van der Waals surface area contributed by atoms with Crippen LogP contribution in [-0.2, 0) is 32.1 Å². The zero-order valence-corrected chi connectivity index (χ0v) is 24.2. The molecular formula is C30H36ClF2N5O4. The monoisotopic (exact) mass is 603 g/mol. The van der Waals surface area contributed by atoms with E-state index >= 15 is 0 Å². The van der Waals surface area contributed by atoms with Gasteiger partial charge in [0.05, 0.1) is 6.04 Å². The third-order valence-electron chi connectivity index (χ3n) is 7.85. The number of anilines is 1. The number of carbonyl (C=O) groups excluding carboxylic acids is 4. The van der Waals surface area contributed by atoms with Gasteiger partial charge in [0.15, 0.2) is 0 Å². The van der Waals surface area contributed by atoms with Crippen LogP contribution in [0.15, 0.2) is 42.5 Å². The van der Waals surface area contributed by atoms with E-state index < -0.39 is 48.2 Å². The molecule has 1 unspecified atom stereocenters. The number of nitrogens with two attached hydrogens (primary N) is 1. The van der Waals surface area contributed by atoms with Gasteiger partial charge in [-0.05, 0) is 67.6 Å². The van der Waals surface area contributed by atoms with Crippen molar-refractivity contribution in [1.82, 2.24) is 15.1 Å². The summed E-state index contributed by atoms with van der Waals surface area (Å²) in [5, 5.41) is 6.10. The smallest absolute Gasteiger partial charge is 0.258 e. The van der Waals surface area contributed by atoms with E-state index in [9.17, 15) is 28.0 Å². The predicted octanol–water partition coefficient (Wildman–Crippen LogP) is 3.41. The van der Waals surface area contributed by atoms with Gasteiger partial charge in [-0.3, -0.25) is 19.2 Å². The Morgan fingerprint density at radius 1 is 1.05 bits per heavy atom. The highest BCUT2D eigenvalue weighted by Crippen LogP contribution is 2.27. The lowest BCUT2D eigenvalue weighted by atomic mass is 9.92. The first-order valence-electron chi connectivity index (χ1n) is 14.1. The molecule has 4 rings (SSSR count). The number of amides is 4. The highest BCUT2D eigenvalue weighted by molar-refractivity contribution is 6.31. The summed E-state index contributed by atoms with van der Waals surface area (Å²) in [4.78, 5) is 55.4. The lowest BCUT2D eigenvalue weighted by molar-refractivity contribution is -0.144. The number of nitrogens with one attached hydrogen (secondary N) is 2. The molecule has 2 aliphatic rings. The van der Waals surface area contributed by atoms with E-state index in [4.69, 9.17) is 17.3 Å². The summed E-state index contributed by atoms with van der Waals surface area (Å²) in [6, 6.07) is 9.43. The van der Waals surface area contributed by atoms with Crippen molar-refractivity contribution in [1.29, 1.82) is 0 Å². The Bertz CT molecular complexity index is 1330. The Hall–Kier alpha value is -3.57. The average Bonchev–Trinajstić information content (AvgIpc) is 3.47. The number of carbonyl (C=O) groups is 4. The van der Waals surface area contributed by atoms with Gasteiger partial charge in [0, 0.05) is 43.1 Å². The Balaban J connectivity index is 1.47. The second-order valence-corrected chi connectivity index (χ2v) is 11.1. The third-order valence-corrected chi connectivity index (χ3v) is 8.27. The molecule has 0 saturated carbocycles. The minimum absolute atomic E-state index is 0.131. The van der Waals surface area contributed by atoms with E-state index in [1.165, 1.54) is 4.90 Å². The summed E-state index contributed by atoms with van der Waals surface area (Å²) in [7, 11) is 0. The van der Waals surface area contributed by atoms with Crippen LogP contribution < -0.4 is 16.4 Å². The molecule has 0 aliphatic carbocycles. The van der Waals surface area contributed by atoms with Crippen molar-refractivity contribution in [2.75, 3.05) is 18.4 Å². The lowest BCUT2D eigenvalue weighted by Crippen LogP contribution is -2.56. The van der Waals surface area contributed by atoms with Gasteiger partial charge in [0.1, 0.15) is 12.1 Å². The first-order valence-corrected chi connectivity index (χ1v) is 14.5. The number of alkyl halides is 2. The molecule has 4 N–H and O–H groups in total. The second kappa shape index (κ2) is 14.1. The normalized spacial score (nSPS) is 18.9. The lowest BCUT2D eigenvalue weighted by Gasteiger charge is -2.37. The Kier molecular flexibility index (Phi) is 10.5. The van der Waals surface area contributed by atoms with Crippen molar-refractivity contribution in [3.8, 4) is 0 Å². The molecule has 0 aromatic heterocycles. The molecule has 12 heteroatoms. The van der Waals surface area contributed by atoms with E-state index in [0.717, 1.165) is 21.6 Å². The van der Waals surface area contributed by atoms with Gasteiger partial charge in [-0.15, -0.1) is 0 Å². The van der Waals surface area contributed by atoms with Gasteiger partial charge >= 0.3 is 0 Å². The fraction of sp³-hybridized carbons (Fsp3) is 0.467. The van der Waals surface area contributed by atoms with Crippen molar-refractivity contribution in [3.05, 3.63) is 64.2 Å². The summed E-state index contributed by atoms with van der Waals surface area (Å²) in [6.45, 7) is 2.32. The largest absolute Gasteiger partial charge is 0.342 e. The topological polar surface area (TPSA) is 125 Å². The fourth-order valence-electron chi connectivity index (χ4n) is 5.54. The van der Waals surface area contributed by atoms with Gasteiger partial charge < -0.3 is 26.2 Å². The molecule has 2 aromatic rings. The molecule has 2 heterocycles. The van der Waals surface area contributed by atoms with Crippen LogP contribution in [-0.4, -0.2) is 71.1 Å². The number of likely N-dealkylation sites (tertiary alicyclic amines) is 1. The molecule has 2 aliphatic heterocycles. The number of halogens is 3. The van der Waals surface area contributed by atoms with Crippen LogP contribution in [0.2, 0.25) is 5.02 Å². The predicted molar refractivity (Wildman–Crippen MR) is 155 cm³/mol. The summed E-state index contributed by atoms with van der Waals surface area (Å²) in [5.74, 6) is -1.93. The molecule has 1 fully saturated rings. The van der Waals surface area contributed by atoms with Gasteiger partial charge in [0.25, 0.3) is 6.43 Å². The minimum atomic E-state index is -2.64. The maximum Gasteiger partial charge on any atom is 0.258 e. The number of benzene rings is 2. The van der Waals surface area contributed by atoms with E-state index in [0.29, 0.717) is 17.1 Å². The highest BCUT2D eigenvalue weighted by Gasteiger charge is 2.38. The maximum atomic E-state index is 13.6. The standard InChI is InChI=1S/C30H36ClF2N5O4/c1-18-15-21(8-9-22(18)31)35-29(41)23(12-13-34)36-30(42)25-16-19-5-2-3-6-20(19)17-38(25)27(40)11-10-26(39)37-14-4-7-24(37)28(32)33/h2-3,5-6,8-9,15,23-25,28H,4,7,10-14,16-17,34H2,1H3,(H,35,41)(H,36,42)/t23-,24?,25-/m0/s1. The maximum absolute atomic E-state index is 13.6. The molecule has 2 aromatic carbocycles. The Morgan fingerprint density at radius 3 is 2.40 bits per heavy atom. The van der Waals surface area contributed by atoms with Crippen molar-refractivity contribution in [2.45, 2.75) is 76.5 Å². The molecule has 1 saturated heterocycles. The molecule has 4 amide bonds. The second-order valence-electron chi connectivity index (χ2n) is 10.7. The molecule has 9 nitrogen and oxygen atoms in total. The Labute approximate surface area is 248 Å². The Morgan fingerprint density at radius 2 is 1.74 bits per heavy atom. The van der Waals surface area contributed by atoms with Crippen molar-refractivity contribution in [2.24, 2.45) is 5.73 Å². The van der Waals surface area contributed by atoms with E-state index in [2.05, 4.69) is 10.6 Å². The molecule has 3 atom stereocenters. The van der Waals surface area contributed by atoms with Crippen LogP contribution in [0.5, 0.6) is 0 Å². The molecule has 42 heavy (non-hydrogen) atoms. The number of nitrogens with zero attached hydrogens (tertiary/aromatic N) is 2. The number of rotatable bonds is 10. The van der Waals surface area contributed by atoms with Crippen LogP contribution in [0, 0.1) is 6.92 Å². The number of hydrogen-bond acceptors (Lipinski definition) is 5.